The highest BCUT2D eigenvalue weighted by Crippen LogP contribution is 2.41. The monoisotopic (exact) mass is 340 g/mol. The Kier molecular flexibility index (Phi) is 4.77. The zero-order valence-electron chi connectivity index (χ0n) is 13.0. The zero-order valence-corrected chi connectivity index (χ0v) is 13.7. The third-order valence-corrected chi connectivity index (χ3v) is 4.12. The van der Waals surface area contributed by atoms with E-state index in [0.717, 1.165) is 0 Å². The van der Waals surface area contributed by atoms with Crippen molar-refractivity contribution in [3.05, 3.63) is 34.6 Å². The van der Waals surface area contributed by atoms with E-state index < -0.39 is 29.4 Å². The largest absolute Gasteiger partial charge is 0.493 e. The number of carbonyl (C=O) groups excluding carboxylic acids is 3. The molecule has 2 aliphatic rings. The molecule has 0 amide bonds. The summed E-state index contributed by atoms with van der Waals surface area (Å²) in [7, 11) is 0. The first-order valence-electron chi connectivity index (χ1n) is 7.01. The Morgan fingerprint density at radius 1 is 1.48 bits per heavy atom. The molecular weight excluding hydrogens is 324 g/mol. The van der Waals surface area contributed by atoms with E-state index in [-0.39, 0.29) is 17.4 Å². The second-order valence-corrected chi connectivity index (χ2v) is 6.06. The molecule has 0 aromatic heterocycles. The third kappa shape index (κ3) is 3.38. The number of hydrogen-bond acceptors (Lipinski definition) is 6. The van der Waals surface area contributed by atoms with E-state index in [0.29, 0.717) is 11.3 Å². The van der Waals surface area contributed by atoms with Gasteiger partial charge in [0.25, 0.3) is 0 Å². The summed E-state index contributed by atoms with van der Waals surface area (Å²) in [5.41, 5.74) is -1.51. The maximum absolute atomic E-state index is 12.3. The molecule has 0 fully saturated rings. The molecule has 6 nitrogen and oxygen atoms in total. The summed E-state index contributed by atoms with van der Waals surface area (Å²) in [5, 5.41) is 10.3. The first-order valence-corrected chi connectivity index (χ1v) is 7.39. The summed E-state index contributed by atoms with van der Waals surface area (Å²) in [6, 6.07) is 0. The quantitative estimate of drug-likeness (QED) is 0.617. The first kappa shape index (κ1) is 17.4. The average Bonchev–Trinajstić information content (AvgIpc) is 2.47. The standard InChI is InChI=1S/C16H17ClO6/c1-8(18)4-5-10-6-11-12(7-22-10)15(23-9(2)19)16(3,21)14(20)13(11)17/h4-6,12,15,21H,7H2,1-3H3/b5-4+/t12-,15-,16+/m1/s1. The van der Waals surface area contributed by atoms with Crippen LogP contribution in [0.3, 0.4) is 0 Å². The fourth-order valence-corrected chi connectivity index (χ4v) is 2.99. The van der Waals surface area contributed by atoms with Gasteiger partial charge in [0.15, 0.2) is 11.4 Å². The second kappa shape index (κ2) is 6.29. The van der Waals surface area contributed by atoms with E-state index in [2.05, 4.69) is 0 Å². The van der Waals surface area contributed by atoms with Crippen molar-refractivity contribution in [3.63, 3.8) is 0 Å². The molecule has 0 aromatic carbocycles. The molecule has 2 rings (SSSR count). The Morgan fingerprint density at radius 3 is 2.70 bits per heavy atom. The number of esters is 1. The second-order valence-electron chi connectivity index (χ2n) is 5.68. The Balaban J connectivity index is 2.46. The maximum Gasteiger partial charge on any atom is 0.303 e. The van der Waals surface area contributed by atoms with Gasteiger partial charge in [-0.1, -0.05) is 11.6 Å². The molecule has 1 heterocycles. The molecule has 1 aliphatic heterocycles. The minimum atomic E-state index is -1.93. The van der Waals surface area contributed by atoms with E-state index in [1.807, 2.05) is 0 Å². The highest BCUT2D eigenvalue weighted by atomic mass is 35.5. The number of carbonyl (C=O) groups is 3. The minimum Gasteiger partial charge on any atom is -0.493 e. The fraction of sp³-hybridized carbons (Fsp3) is 0.438. The molecular formula is C16H17ClO6. The first-order chi connectivity index (χ1) is 10.6. The minimum absolute atomic E-state index is 0.0566. The van der Waals surface area contributed by atoms with Crippen LogP contribution >= 0.6 is 11.6 Å². The highest BCUT2D eigenvalue weighted by molar-refractivity contribution is 6.44. The lowest BCUT2D eigenvalue weighted by Gasteiger charge is -2.42. The summed E-state index contributed by atoms with van der Waals surface area (Å²) < 4.78 is 10.6. The van der Waals surface area contributed by atoms with E-state index >= 15 is 0 Å². The molecule has 0 unspecified atom stereocenters. The van der Waals surface area contributed by atoms with Gasteiger partial charge in [-0.15, -0.1) is 0 Å². The Labute approximate surface area is 138 Å². The Bertz CT molecular complexity index is 655. The van der Waals surface area contributed by atoms with Gasteiger partial charge in [0.2, 0.25) is 5.78 Å². The summed E-state index contributed by atoms with van der Waals surface area (Å²) in [6.07, 6.45) is 3.21. The number of aliphatic hydroxyl groups is 1. The number of ketones is 2. The van der Waals surface area contributed by atoms with Crippen LogP contribution in [0.15, 0.2) is 34.6 Å². The van der Waals surface area contributed by atoms with Crippen LogP contribution in [0.4, 0.5) is 0 Å². The molecule has 124 valence electrons. The van der Waals surface area contributed by atoms with Gasteiger partial charge in [-0.25, -0.2) is 0 Å². The molecule has 3 atom stereocenters. The van der Waals surface area contributed by atoms with Crippen LogP contribution in [0.2, 0.25) is 0 Å². The number of allylic oxidation sites excluding steroid dienone is 3. The SMILES string of the molecule is CC(=O)/C=C/C1=CC2=C(Cl)C(=O)[C@](C)(O)[C@H](OC(C)=O)[C@@H]2CO1. The van der Waals surface area contributed by atoms with Crippen molar-refractivity contribution < 1.29 is 29.0 Å². The van der Waals surface area contributed by atoms with E-state index in [1.54, 1.807) is 0 Å². The van der Waals surface area contributed by atoms with Crippen molar-refractivity contribution in [2.45, 2.75) is 32.5 Å². The molecule has 1 aliphatic carbocycles. The van der Waals surface area contributed by atoms with Crippen molar-refractivity contribution in [3.8, 4) is 0 Å². The van der Waals surface area contributed by atoms with Gasteiger partial charge in [0.1, 0.15) is 11.9 Å². The smallest absolute Gasteiger partial charge is 0.303 e. The van der Waals surface area contributed by atoms with E-state index in [4.69, 9.17) is 21.1 Å². The van der Waals surface area contributed by atoms with Crippen LogP contribution in [0.5, 0.6) is 0 Å². The number of Topliss-reactive ketones (excluding diaryl/α,β-unsaturated/α-hetero) is 1. The van der Waals surface area contributed by atoms with Gasteiger partial charge in [-0.2, -0.15) is 0 Å². The molecule has 0 saturated heterocycles. The predicted molar refractivity (Wildman–Crippen MR) is 81.4 cm³/mol. The molecule has 0 aromatic rings. The Hall–Kier alpha value is -1.92. The zero-order chi connectivity index (χ0) is 17.4. The molecule has 1 N–H and O–H groups in total. The lowest BCUT2D eigenvalue weighted by atomic mass is 9.74. The maximum atomic E-state index is 12.3. The number of rotatable bonds is 3. The van der Waals surface area contributed by atoms with Crippen LogP contribution in [0.25, 0.3) is 0 Å². The fourth-order valence-electron chi connectivity index (χ4n) is 2.60. The van der Waals surface area contributed by atoms with Crippen molar-refractivity contribution in [1.82, 2.24) is 0 Å². The van der Waals surface area contributed by atoms with Crippen molar-refractivity contribution >= 4 is 29.1 Å². The van der Waals surface area contributed by atoms with Gasteiger partial charge in [-0.05, 0) is 37.6 Å². The predicted octanol–water partition coefficient (Wildman–Crippen LogP) is 1.42. The average molecular weight is 341 g/mol. The van der Waals surface area contributed by atoms with Crippen molar-refractivity contribution in [2.75, 3.05) is 6.61 Å². The molecule has 7 heteroatoms. The number of halogens is 1. The summed E-state index contributed by atoms with van der Waals surface area (Å²) >= 11 is 6.09. The molecule has 0 radical (unpaired) electrons. The number of ether oxygens (including phenoxy) is 2. The van der Waals surface area contributed by atoms with Gasteiger partial charge < -0.3 is 14.6 Å². The van der Waals surface area contributed by atoms with Crippen molar-refractivity contribution in [1.29, 1.82) is 0 Å². The molecule has 0 saturated carbocycles. The van der Waals surface area contributed by atoms with Crippen LogP contribution in [0.1, 0.15) is 20.8 Å². The Morgan fingerprint density at radius 2 is 2.13 bits per heavy atom. The van der Waals surface area contributed by atoms with Gasteiger partial charge in [0.05, 0.1) is 17.6 Å². The highest BCUT2D eigenvalue weighted by Gasteiger charge is 2.53. The number of fused-ring (bicyclic) bond motifs is 1. The molecule has 23 heavy (non-hydrogen) atoms. The van der Waals surface area contributed by atoms with Gasteiger partial charge in [0, 0.05) is 6.92 Å². The van der Waals surface area contributed by atoms with E-state index in [1.165, 1.54) is 39.0 Å². The van der Waals surface area contributed by atoms with Gasteiger partial charge >= 0.3 is 5.97 Å². The third-order valence-electron chi connectivity index (χ3n) is 3.73. The lowest BCUT2D eigenvalue weighted by Crippen LogP contribution is -2.57. The summed E-state index contributed by atoms with van der Waals surface area (Å²) in [6.45, 7) is 3.91. The van der Waals surface area contributed by atoms with Crippen LogP contribution in [0, 0.1) is 5.92 Å². The summed E-state index contributed by atoms with van der Waals surface area (Å²) in [4.78, 5) is 34.6. The molecule has 0 bridgehead atoms. The van der Waals surface area contributed by atoms with Crippen LogP contribution in [-0.2, 0) is 23.9 Å². The van der Waals surface area contributed by atoms with Gasteiger partial charge in [-0.3, -0.25) is 14.4 Å². The normalized spacial score (nSPS) is 30.7. The van der Waals surface area contributed by atoms with Crippen LogP contribution in [-0.4, -0.2) is 41.0 Å². The lowest BCUT2D eigenvalue weighted by molar-refractivity contribution is -0.174. The number of hydrogen-bond donors (Lipinski definition) is 1. The van der Waals surface area contributed by atoms with E-state index in [9.17, 15) is 19.5 Å². The molecule has 0 spiro atoms. The van der Waals surface area contributed by atoms with Crippen LogP contribution < -0.4 is 0 Å². The van der Waals surface area contributed by atoms with Crippen molar-refractivity contribution in [2.24, 2.45) is 5.92 Å². The summed E-state index contributed by atoms with van der Waals surface area (Å²) in [5.74, 6) is -1.71. The topological polar surface area (TPSA) is 89.9 Å².